The molecule has 2 rings (SSSR count). The van der Waals surface area contributed by atoms with Gasteiger partial charge in [0.1, 0.15) is 0 Å². The van der Waals surface area contributed by atoms with Gasteiger partial charge in [0.05, 0.1) is 0 Å². The molecule has 0 spiro atoms. The Morgan fingerprint density at radius 3 is 2.50 bits per heavy atom. The van der Waals surface area contributed by atoms with Crippen molar-refractivity contribution in [2.24, 2.45) is 4.99 Å². The van der Waals surface area contributed by atoms with E-state index in [2.05, 4.69) is 44.7 Å². The topological polar surface area (TPSA) is 65.5 Å². The number of carbonyl (C=O) groups excluding carboxylic acids is 1. The summed E-state index contributed by atoms with van der Waals surface area (Å²) in [4.78, 5) is 15.3. The molecule has 7 heteroatoms. The molecule has 5 nitrogen and oxygen atoms in total. The number of halogens is 1. The van der Waals surface area contributed by atoms with Crippen molar-refractivity contribution in [1.82, 2.24) is 10.6 Å². The van der Waals surface area contributed by atoms with Gasteiger partial charge in [-0.1, -0.05) is 19.1 Å². The van der Waals surface area contributed by atoms with Gasteiger partial charge in [-0.05, 0) is 52.4 Å². The lowest BCUT2D eigenvalue weighted by molar-refractivity contribution is -0.114. The molecule has 2 aromatic rings. The number of anilines is 1. The third-order valence-electron chi connectivity index (χ3n) is 3.89. The number of amides is 1. The number of hydrogen-bond acceptors (Lipinski definition) is 3. The first-order chi connectivity index (χ1) is 12.1. The van der Waals surface area contributed by atoms with E-state index < -0.39 is 0 Å². The van der Waals surface area contributed by atoms with Crippen LogP contribution in [-0.2, 0) is 11.2 Å². The van der Waals surface area contributed by atoms with Gasteiger partial charge in [0.2, 0.25) is 5.91 Å². The number of rotatable bonds is 7. The van der Waals surface area contributed by atoms with Crippen molar-refractivity contribution in [2.75, 3.05) is 25.5 Å². The third-order valence-corrected chi connectivity index (χ3v) is 4.59. The van der Waals surface area contributed by atoms with Crippen LogP contribution < -0.4 is 16.0 Å². The zero-order chi connectivity index (χ0) is 18.1. The van der Waals surface area contributed by atoms with E-state index in [1.807, 2.05) is 24.3 Å². The van der Waals surface area contributed by atoms with Gasteiger partial charge in [0.25, 0.3) is 0 Å². The maximum Gasteiger partial charge on any atom is 0.221 e. The van der Waals surface area contributed by atoms with Crippen LogP contribution in [0.3, 0.4) is 0 Å². The van der Waals surface area contributed by atoms with E-state index in [4.69, 9.17) is 0 Å². The number of thiophene rings is 1. The lowest BCUT2D eigenvalue weighted by Crippen LogP contribution is -2.39. The van der Waals surface area contributed by atoms with Crippen molar-refractivity contribution >= 4 is 52.9 Å². The maximum absolute atomic E-state index is 11.0. The second-order valence-corrected chi connectivity index (χ2v) is 6.75. The summed E-state index contributed by atoms with van der Waals surface area (Å²) in [6.45, 7) is 5.36. The molecule has 1 aromatic carbocycles. The summed E-state index contributed by atoms with van der Waals surface area (Å²) in [5.74, 6) is 1.21. The molecule has 0 aliphatic rings. The third kappa shape index (κ3) is 7.74. The highest BCUT2D eigenvalue weighted by Crippen LogP contribution is 2.17. The van der Waals surface area contributed by atoms with Crippen LogP contribution in [0.2, 0.25) is 0 Å². The summed E-state index contributed by atoms with van der Waals surface area (Å²) in [6, 6.07) is 10.1. The van der Waals surface area contributed by atoms with Gasteiger partial charge in [0, 0.05) is 32.7 Å². The van der Waals surface area contributed by atoms with Crippen LogP contribution in [-0.4, -0.2) is 32.0 Å². The smallest absolute Gasteiger partial charge is 0.221 e. The first kappa shape index (κ1) is 22.4. The molecule has 0 radical (unpaired) electrons. The van der Waals surface area contributed by atoms with Gasteiger partial charge in [-0.15, -0.1) is 24.0 Å². The number of benzene rings is 1. The molecule has 1 atom stereocenters. The molecule has 1 aromatic heterocycles. The quantitative estimate of drug-likeness (QED) is 0.317. The first-order valence-corrected chi connectivity index (χ1v) is 9.36. The van der Waals surface area contributed by atoms with E-state index in [-0.39, 0.29) is 29.9 Å². The number of guanidine groups is 1. The Morgan fingerprint density at radius 2 is 1.92 bits per heavy atom. The normalized spacial score (nSPS) is 12.0. The number of nitrogens with zero attached hydrogens (tertiary/aromatic N) is 1. The Bertz CT molecular complexity index is 686. The molecular formula is C19H27IN4OS. The summed E-state index contributed by atoms with van der Waals surface area (Å²) in [7, 11) is 1.78. The highest BCUT2D eigenvalue weighted by atomic mass is 127. The maximum atomic E-state index is 11.0. The molecule has 0 saturated carbocycles. The van der Waals surface area contributed by atoms with E-state index in [0.29, 0.717) is 5.92 Å². The Labute approximate surface area is 176 Å². The Morgan fingerprint density at radius 1 is 1.19 bits per heavy atom. The molecule has 1 heterocycles. The number of nitrogens with one attached hydrogen (secondary N) is 3. The minimum Gasteiger partial charge on any atom is -0.356 e. The number of aliphatic imine (C=N–C) groups is 1. The van der Waals surface area contributed by atoms with E-state index in [1.165, 1.54) is 18.1 Å². The zero-order valence-corrected chi connectivity index (χ0v) is 18.6. The van der Waals surface area contributed by atoms with E-state index in [9.17, 15) is 4.79 Å². The molecule has 3 N–H and O–H groups in total. The second-order valence-electron chi connectivity index (χ2n) is 5.97. The zero-order valence-electron chi connectivity index (χ0n) is 15.4. The van der Waals surface area contributed by atoms with Gasteiger partial charge >= 0.3 is 0 Å². The predicted octanol–water partition coefficient (Wildman–Crippen LogP) is 3.84. The van der Waals surface area contributed by atoms with Crippen molar-refractivity contribution in [2.45, 2.75) is 26.2 Å². The van der Waals surface area contributed by atoms with Crippen LogP contribution in [0.15, 0.2) is 46.1 Å². The summed E-state index contributed by atoms with van der Waals surface area (Å²) in [6.07, 6.45) is 0.890. The molecule has 142 valence electrons. The van der Waals surface area contributed by atoms with Crippen LogP contribution in [0.4, 0.5) is 5.69 Å². The molecule has 1 unspecified atom stereocenters. The van der Waals surface area contributed by atoms with Gasteiger partial charge in [-0.25, -0.2) is 0 Å². The van der Waals surface area contributed by atoms with Crippen LogP contribution in [0.5, 0.6) is 0 Å². The van der Waals surface area contributed by atoms with Crippen LogP contribution >= 0.6 is 35.3 Å². The van der Waals surface area contributed by atoms with E-state index >= 15 is 0 Å². The van der Waals surface area contributed by atoms with Crippen LogP contribution in [0.25, 0.3) is 0 Å². The van der Waals surface area contributed by atoms with Gasteiger partial charge in [0.15, 0.2) is 5.96 Å². The Kier molecular flexibility index (Phi) is 10.3. The van der Waals surface area contributed by atoms with Crippen LogP contribution in [0.1, 0.15) is 30.9 Å². The lowest BCUT2D eigenvalue weighted by Gasteiger charge is -2.15. The van der Waals surface area contributed by atoms with Crippen molar-refractivity contribution < 1.29 is 4.79 Å². The molecular weight excluding hydrogens is 459 g/mol. The highest BCUT2D eigenvalue weighted by Gasteiger charge is 2.07. The van der Waals surface area contributed by atoms with Gasteiger partial charge in [-0.2, -0.15) is 11.3 Å². The predicted molar refractivity (Wildman–Crippen MR) is 122 cm³/mol. The molecule has 0 aliphatic heterocycles. The van der Waals surface area contributed by atoms with Crippen LogP contribution in [0, 0.1) is 0 Å². The van der Waals surface area contributed by atoms with E-state index in [0.717, 1.165) is 31.2 Å². The number of hydrogen-bond donors (Lipinski definition) is 3. The summed E-state index contributed by atoms with van der Waals surface area (Å²) >= 11 is 1.73. The van der Waals surface area contributed by atoms with Gasteiger partial charge < -0.3 is 16.0 Å². The Hall–Kier alpha value is -1.61. The fourth-order valence-corrected chi connectivity index (χ4v) is 3.21. The second kappa shape index (κ2) is 11.9. The number of carbonyl (C=O) groups is 1. The van der Waals surface area contributed by atoms with Crippen molar-refractivity contribution in [3.63, 3.8) is 0 Å². The fourth-order valence-electron chi connectivity index (χ4n) is 2.43. The fraction of sp³-hybridized carbons (Fsp3) is 0.368. The molecule has 0 bridgehead atoms. The van der Waals surface area contributed by atoms with Gasteiger partial charge in [-0.3, -0.25) is 9.79 Å². The molecule has 26 heavy (non-hydrogen) atoms. The monoisotopic (exact) mass is 486 g/mol. The minimum atomic E-state index is -0.0547. The summed E-state index contributed by atoms with van der Waals surface area (Å²) in [5, 5.41) is 13.8. The highest BCUT2D eigenvalue weighted by molar-refractivity contribution is 14.0. The van der Waals surface area contributed by atoms with Crippen molar-refractivity contribution in [1.29, 1.82) is 0 Å². The SMILES string of the molecule is CN=C(NCCc1ccc(NC(C)=O)cc1)NCC(C)c1ccsc1.I. The molecule has 0 fully saturated rings. The largest absolute Gasteiger partial charge is 0.356 e. The van der Waals surface area contributed by atoms with Crippen molar-refractivity contribution in [3.05, 3.63) is 52.2 Å². The summed E-state index contributed by atoms with van der Waals surface area (Å²) in [5.41, 5.74) is 3.39. The minimum absolute atomic E-state index is 0. The molecule has 0 saturated heterocycles. The van der Waals surface area contributed by atoms with E-state index in [1.54, 1.807) is 18.4 Å². The Balaban J connectivity index is 0.00000338. The standard InChI is InChI=1S/C19H26N4OS.HI/c1-14(17-9-11-25-13-17)12-22-19(20-3)21-10-8-16-4-6-18(7-5-16)23-15(2)24;/h4-7,9,11,13-14H,8,10,12H2,1-3H3,(H,23,24)(H2,20,21,22);1H. The lowest BCUT2D eigenvalue weighted by atomic mass is 10.1. The molecule has 0 aliphatic carbocycles. The van der Waals surface area contributed by atoms with Crippen molar-refractivity contribution in [3.8, 4) is 0 Å². The molecule has 1 amide bonds. The average molecular weight is 486 g/mol. The first-order valence-electron chi connectivity index (χ1n) is 8.41. The summed E-state index contributed by atoms with van der Waals surface area (Å²) < 4.78 is 0. The average Bonchev–Trinajstić information content (AvgIpc) is 3.13.